The molecule has 5 N–H and O–H groups in total. The number of aliphatic hydroxyl groups is 1. The summed E-state index contributed by atoms with van der Waals surface area (Å²) >= 11 is 0. The lowest BCUT2D eigenvalue weighted by Crippen LogP contribution is -2.54. The molecule has 1 saturated heterocycles. The zero-order valence-corrected chi connectivity index (χ0v) is 37.7. The van der Waals surface area contributed by atoms with Crippen molar-refractivity contribution in [2.75, 3.05) is 19.9 Å². The quantitative estimate of drug-likeness (QED) is 0.0372. The van der Waals surface area contributed by atoms with E-state index in [1.165, 1.54) is 36.3 Å². The molecule has 0 radical (unpaired) electrons. The second-order valence-electron chi connectivity index (χ2n) is 17.2. The molecule has 5 heterocycles. The molecule has 6 amide bonds. The zero-order chi connectivity index (χ0) is 47.3. The van der Waals surface area contributed by atoms with Gasteiger partial charge in [0.1, 0.15) is 37.3 Å². The third kappa shape index (κ3) is 10.4. The molecule has 0 bridgehead atoms. The van der Waals surface area contributed by atoms with Gasteiger partial charge in [-0.15, -0.1) is 0 Å². The van der Waals surface area contributed by atoms with Crippen molar-refractivity contribution < 1.29 is 52.5 Å². The highest BCUT2D eigenvalue weighted by Gasteiger charge is 2.45. The van der Waals surface area contributed by atoms with Crippen molar-refractivity contribution >= 4 is 52.3 Å². The maximum Gasteiger partial charge on any atom is 0.343 e. The Labute approximate surface area is 375 Å². The number of aromatic nitrogens is 2. The van der Waals surface area contributed by atoms with Crippen molar-refractivity contribution in [3.63, 3.8) is 0 Å². The molecule has 2 aromatic heterocycles. The first-order valence-electron chi connectivity index (χ1n) is 22.2. The number of unbranched alkanes of at least 4 members (excludes halogenated alkanes) is 3. The first-order valence-corrected chi connectivity index (χ1v) is 22.2. The lowest BCUT2D eigenvalue weighted by Gasteiger charge is -2.31. The van der Waals surface area contributed by atoms with Crippen molar-refractivity contribution in [2.45, 2.75) is 136 Å². The van der Waals surface area contributed by atoms with Crippen LogP contribution in [-0.2, 0) is 68.2 Å². The number of hydrogen-bond acceptors (Lipinski definition) is 12. The van der Waals surface area contributed by atoms with E-state index in [1.54, 1.807) is 26.8 Å². The second-order valence-corrected chi connectivity index (χ2v) is 17.2. The lowest BCUT2D eigenvalue weighted by atomic mass is 9.86. The van der Waals surface area contributed by atoms with E-state index in [0.717, 1.165) is 16.5 Å². The fourth-order valence-corrected chi connectivity index (χ4v) is 8.44. The molecule has 3 aliphatic rings. The Bertz CT molecular complexity index is 2470. The summed E-state index contributed by atoms with van der Waals surface area (Å²) in [6, 6.07) is 2.00. The Morgan fingerprint density at radius 2 is 1.65 bits per heavy atom. The number of likely N-dealkylation sites (tertiary alicyclic amines) is 1. The number of cyclic esters (lactones) is 1. The Morgan fingerprint density at radius 1 is 0.954 bits per heavy atom. The minimum atomic E-state index is -1.96. The average Bonchev–Trinajstić information content (AvgIpc) is 3.75. The van der Waals surface area contributed by atoms with Crippen molar-refractivity contribution in [1.82, 2.24) is 35.7 Å². The number of imide groups is 1. The van der Waals surface area contributed by atoms with E-state index in [1.807, 2.05) is 6.07 Å². The normalized spacial score (nSPS) is 18.9. The predicted molar refractivity (Wildman–Crippen MR) is 233 cm³/mol. The van der Waals surface area contributed by atoms with Crippen LogP contribution in [0.25, 0.3) is 22.3 Å². The topological polar surface area (TPSA) is 244 Å². The van der Waals surface area contributed by atoms with E-state index in [9.17, 15) is 43.5 Å². The molecule has 65 heavy (non-hydrogen) atoms. The highest BCUT2D eigenvalue weighted by molar-refractivity contribution is 6.03. The first-order chi connectivity index (χ1) is 30.9. The van der Waals surface area contributed by atoms with E-state index < -0.39 is 53.2 Å². The maximum absolute atomic E-state index is 15.3. The minimum absolute atomic E-state index is 0.0170. The molecule has 3 aromatic rings. The monoisotopic (exact) mass is 903 g/mol. The molecule has 0 spiro atoms. The summed E-state index contributed by atoms with van der Waals surface area (Å²) in [5.74, 6) is -3.94. The van der Waals surface area contributed by atoms with Crippen LogP contribution >= 0.6 is 0 Å². The number of ether oxygens (including phenoxy) is 2. The summed E-state index contributed by atoms with van der Waals surface area (Å²) in [6.45, 7) is 9.92. The standard InChI is InChI=1S/C46H58FN7O11/c1-7-46(63)33-19-36-39-29(21-54(36)44(61)32(33)22-65-45(46)62)18-31-30(25(3)34(47)20-35(31)52-39)13-10-12-16-64-23-48-40(57)26(4)50-42(59)28(6)51-41(58)27(5)49-37(55)14-9-8-11-15-53-38(56)17-24(2)43(53)60/h18-20,24,26-28,63H,7-17,21-23H2,1-6H3,(H,48,57)(H,49,55)(H,50,59)(H,51,58)/t24?,26-,27-,28-,46-/m0/s1. The molecule has 0 aliphatic carbocycles. The molecule has 5 atom stereocenters. The second kappa shape index (κ2) is 20.4. The highest BCUT2D eigenvalue weighted by atomic mass is 19.1. The molecule has 3 aliphatic heterocycles. The smallest absolute Gasteiger partial charge is 0.343 e. The lowest BCUT2D eigenvalue weighted by molar-refractivity contribution is -0.172. The van der Waals surface area contributed by atoms with Crippen LogP contribution in [0.4, 0.5) is 4.39 Å². The van der Waals surface area contributed by atoms with Crippen LogP contribution in [0.3, 0.4) is 0 Å². The van der Waals surface area contributed by atoms with Gasteiger partial charge in [0.2, 0.25) is 35.4 Å². The predicted octanol–water partition coefficient (Wildman–Crippen LogP) is 2.41. The number of nitrogens with zero attached hydrogens (tertiary/aromatic N) is 3. The zero-order valence-electron chi connectivity index (χ0n) is 37.7. The molecular formula is C46H58FN7O11. The number of halogens is 1. The third-order valence-electron chi connectivity index (χ3n) is 12.5. The van der Waals surface area contributed by atoms with Gasteiger partial charge < -0.3 is 40.4 Å². The minimum Gasteiger partial charge on any atom is -0.458 e. The van der Waals surface area contributed by atoms with Crippen LogP contribution < -0.4 is 26.8 Å². The molecule has 1 unspecified atom stereocenters. The van der Waals surface area contributed by atoms with Gasteiger partial charge in [0, 0.05) is 54.5 Å². The fraction of sp³-hybridized carbons (Fsp3) is 0.543. The number of amides is 6. The summed E-state index contributed by atoms with van der Waals surface area (Å²) in [6.07, 6.45) is 3.78. The summed E-state index contributed by atoms with van der Waals surface area (Å²) in [4.78, 5) is 107. The molecule has 18 nitrogen and oxygen atoms in total. The van der Waals surface area contributed by atoms with Gasteiger partial charge in [0.25, 0.3) is 5.56 Å². The average molecular weight is 904 g/mol. The third-order valence-corrected chi connectivity index (χ3v) is 12.5. The van der Waals surface area contributed by atoms with Gasteiger partial charge in [-0.2, -0.15) is 0 Å². The number of aryl methyl sites for hydroxylation is 1. The SMILES string of the molecule is CC[C@@]1(O)C(=O)OCc2c1cc1n(c2=O)Cc2cc3c(CCCCOCNC(=O)[C@H](C)NC(=O)[C@H](C)NC(=O)[C@H](C)NC(=O)CCCCCN4C(=O)CC(C)C4=O)c(C)c(F)cc3nc2-1. The van der Waals surface area contributed by atoms with E-state index in [2.05, 4.69) is 21.3 Å². The molecular weight excluding hydrogens is 846 g/mol. The Balaban J connectivity index is 0.899. The first kappa shape index (κ1) is 48.4. The highest BCUT2D eigenvalue weighted by Crippen LogP contribution is 2.39. The van der Waals surface area contributed by atoms with Crippen LogP contribution in [0.15, 0.2) is 23.0 Å². The number of carbonyl (C=O) groups excluding carboxylic acids is 7. The maximum atomic E-state index is 15.3. The van der Waals surface area contributed by atoms with Crippen molar-refractivity contribution in [3.05, 3.63) is 62.2 Å². The summed E-state index contributed by atoms with van der Waals surface area (Å²) in [7, 11) is 0. The molecule has 0 saturated carbocycles. The Hall–Kier alpha value is -6.08. The number of hydrogen-bond donors (Lipinski definition) is 5. The molecule has 6 rings (SSSR count). The van der Waals surface area contributed by atoms with Gasteiger partial charge in [0.15, 0.2) is 5.60 Å². The number of nitrogens with one attached hydrogen (secondary N) is 4. The van der Waals surface area contributed by atoms with E-state index in [4.69, 9.17) is 14.5 Å². The number of esters is 1. The van der Waals surface area contributed by atoms with Crippen LogP contribution in [0.2, 0.25) is 0 Å². The van der Waals surface area contributed by atoms with Crippen LogP contribution in [-0.4, -0.2) is 99.0 Å². The number of carbonyl (C=O) groups is 7. The van der Waals surface area contributed by atoms with Crippen LogP contribution in [0.1, 0.15) is 114 Å². The van der Waals surface area contributed by atoms with Gasteiger partial charge in [-0.3, -0.25) is 38.5 Å². The van der Waals surface area contributed by atoms with Gasteiger partial charge in [-0.1, -0.05) is 20.3 Å². The van der Waals surface area contributed by atoms with Crippen molar-refractivity contribution in [1.29, 1.82) is 0 Å². The molecule has 1 fully saturated rings. The number of pyridine rings is 2. The molecule has 19 heteroatoms. The largest absolute Gasteiger partial charge is 0.458 e. The van der Waals surface area contributed by atoms with Crippen molar-refractivity contribution in [2.24, 2.45) is 5.92 Å². The Kier molecular flexibility index (Phi) is 15.2. The van der Waals surface area contributed by atoms with E-state index >= 15 is 4.39 Å². The van der Waals surface area contributed by atoms with Crippen LogP contribution in [0.5, 0.6) is 0 Å². The molecule has 1 aromatic carbocycles. The summed E-state index contributed by atoms with van der Waals surface area (Å²) in [5, 5.41) is 22.2. The number of benzene rings is 1. The molecule has 350 valence electrons. The summed E-state index contributed by atoms with van der Waals surface area (Å²) in [5.41, 5.74) is 1.41. The van der Waals surface area contributed by atoms with E-state index in [0.29, 0.717) is 67.5 Å². The Morgan fingerprint density at radius 3 is 2.32 bits per heavy atom. The fourth-order valence-electron chi connectivity index (χ4n) is 8.44. The van der Waals surface area contributed by atoms with Crippen molar-refractivity contribution in [3.8, 4) is 11.4 Å². The van der Waals surface area contributed by atoms with Gasteiger partial charge >= 0.3 is 5.97 Å². The number of fused-ring (bicyclic) bond motifs is 5. The number of rotatable bonds is 20. The van der Waals surface area contributed by atoms with E-state index in [-0.39, 0.29) is 86.1 Å². The van der Waals surface area contributed by atoms with Gasteiger partial charge in [-0.25, -0.2) is 14.2 Å². The van der Waals surface area contributed by atoms with Crippen LogP contribution in [0, 0.1) is 18.7 Å². The van der Waals surface area contributed by atoms with Gasteiger partial charge in [0.05, 0.1) is 29.0 Å². The van der Waals surface area contributed by atoms with Gasteiger partial charge in [-0.05, 0) is 89.5 Å². The summed E-state index contributed by atoms with van der Waals surface area (Å²) < 4.78 is 27.6.